The lowest BCUT2D eigenvalue weighted by Crippen LogP contribution is -2.30. The van der Waals surface area contributed by atoms with Gasteiger partial charge in [-0.1, -0.05) is 39.7 Å². The highest BCUT2D eigenvalue weighted by molar-refractivity contribution is 9.10. The Morgan fingerprint density at radius 2 is 1.90 bits per heavy atom. The molecule has 0 spiro atoms. The molecule has 0 saturated carbocycles. The van der Waals surface area contributed by atoms with E-state index < -0.39 is 6.10 Å². The van der Waals surface area contributed by atoms with Crippen molar-refractivity contribution in [2.24, 2.45) is 0 Å². The predicted molar refractivity (Wildman–Crippen MR) is 86.4 cm³/mol. The molecule has 3 nitrogen and oxygen atoms in total. The molecule has 1 heterocycles. The fraction of sp³-hybridized carbons (Fsp3) is 0.188. The van der Waals surface area contributed by atoms with Crippen LogP contribution in [0.4, 0.5) is 5.69 Å². The Labute approximate surface area is 136 Å². The summed E-state index contributed by atoms with van der Waals surface area (Å²) in [6.45, 7) is 0. The largest absolute Gasteiger partial charge is 0.383 e. The van der Waals surface area contributed by atoms with Crippen molar-refractivity contribution in [2.45, 2.75) is 18.6 Å². The van der Waals surface area contributed by atoms with Crippen molar-refractivity contribution in [2.75, 3.05) is 4.90 Å². The van der Waals surface area contributed by atoms with Crippen molar-refractivity contribution < 1.29 is 9.90 Å². The minimum atomic E-state index is -0.968. The van der Waals surface area contributed by atoms with Gasteiger partial charge in [-0.05, 0) is 42.0 Å². The third-order valence-electron chi connectivity index (χ3n) is 3.62. The molecule has 108 valence electrons. The van der Waals surface area contributed by atoms with Crippen LogP contribution in [0, 0.1) is 0 Å². The normalized spacial score (nSPS) is 21.9. The molecular weight excluding hydrogens is 354 g/mol. The molecule has 1 saturated heterocycles. The summed E-state index contributed by atoms with van der Waals surface area (Å²) in [5.41, 5.74) is 1.73. The minimum absolute atomic E-state index is 0.175. The van der Waals surface area contributed by atoms with E-state index in [-0.39, 0.29) is 11.9 Å². The molecule has 5 heteroatoms. The Morgan fingerprint density at radius 1 is 1.19 bits per heavy atom. The lowest BCUT2D eigenvalue weighted by molar-refractivity contribution is -0.124. The van der Waals surface area contributed by atoms with Crippen molar-refractivity contribution >= 4 is 39.1 Å². The summed E-state index contributed by atoms with van der Waals surface area (Å²) in [5.74, 6) is -0.276. The Morgan fingerprint density at radius 3 is 2.57 bits per heavy atom. The van der Waals surface area contributed by atoms with Crippen LogP contribution in [0.5, 0.6) is 0 Å². The lowest BCUT2D eigenvalue weighted by Gasteiger charge is -2.25. The molecule has 21 heavy (non-hydrogen) atoms. The molecule has 2 aromatic rings. The summed E-state index contributed by atoms with van der Waals surface area (Å²) in [6, 6.07) is 14.7. The van der Waals surface area contributed by atoms with Gasteiger partial charge in [0.2, 0.25) is 0 Å². The van der Waals surface area contributed by atoms with Gasteiger partial charge in [-0.25, -0.2) is 0 Å². The fourth-order valence-corrected chi connectivity index (χ4v) is 3.18. The number of aliphatic hydroxyl groups is 1. The molecule has 1 fully saturated rings. The molecule has 0 aliphatic carbocycles. The van der Waals surface area contributed by atoms with Gasteiger partial charge in [-0.2, -0.15) is 0 Å². The third-order valence-corrected chi connectivity index (χ3v) is 4.36. The maximum Gasteiger partial charge on any atom is 0.256 e. The number of benzene rings is 2. The molecule has 0 unspecified atom stereocenters. The minimum Gasteiger partial charge on any atom is -0.383 e. The van der Waals surface area contributed by atoms with Gasteiger partial charge < -0.3 is 10.0 Å². The van der Waals surface area contributed by atoms with Crippen LogP contribution in [0.3, 0.4) is 0 Å². The van der Waals surface area contributed by atoms with Crippen molar-refractivity contribution in [1.82, 2.24) is 0 Å². The van der Waals surface area contributed by atoms with Crippen LogP contribution in [-0.4, -0.2) is 17.1 Å². The summed E-state index contributed by atoms with van der Waals surface area (Å²) in [4.78, 5) is 13.9. The third kappa shape index (κ3) is 2.84. The molecule has 3 rings (SSSR count). The topological polar surface area (TPSA) is 40.5 Å². The van der Waals surface area contributed by atoms with Crippen LogP contribution in [0.2, 0.25) is 5.02 Å². The summed E-state index contributed by atoms with van der Waals surface area (Å²) in [5, 5.41) is 10.6. The highest BCUT2D eigenvalue weighted by Gasteiger charge is 2.40. The number of nitrogens with zero attached hydrogens (tertiary/aromatic N) is 1. The second-order valence-electron chi connectivity index (χ2n) is 5.01. The zero-order valence-corrected chi connectivity index (χ0v) is 13.4. The van der Waals surface area contributed by atoms with Gasteiger partial charge in [0, 0.05) is 21.6 Å². The van der Waals surface area contributed by atoms with Crippen molar-refractivity contribution in [1.29, 1.82) is 0 Å². The van der Waals surface area contributed by atoms with E-state index in [0.717, 1.165) is 15.7 Å². The lowest BCUT2D eigenvalue weighted by atomic mass is 10.0. The van der Waals surface area contributed by atoms with E-state index in [9.17, 15) is 9.90 Å². The number of hydrogen-bond donors (Lipinski definition) is 1. The molecule has 1 amide bonds. The average Bonchev–Trinajstić information content (AvgIpc) is 2.76. The molecule has 1 aliphatic rings. The van der Waals surface area contributed by atoms with E-state index in [0.29, 0.717) is 11.4 Å². The van der Waals surface area contributed by atoms with Crippen LogP contribution < -0.4 is 4.90 Å². The van der Waals surface area contributed by atoms with Crippen LogP contribution >= 0.6 is 27.5 Å². The maximum absolute atomic E-state index is 12.3. The molecule has 0 bridgehead atoms. The van der Waals surface area contributed by atoms with Gasteiger partial charge in [0.15, 0.2) is 0 Å². The smallest absolute Gasteiger partial charge is 0.256 e. The van der Waals surface area contributed by atoms with Crippen LogP contribution in [0.15, 0.2) is 53.0 Å². The zero-order chi connectivity index (χ0) is 15.0. The second kappa shape index (κ2) is 5.79. The van der Waals surface area contributed by atoms with Crippen LogP contribution in [-0.2, 0) is 4.79 Å². The number of amides is 1. The summed E-state index contributed by atoms with van der Waals surface area (Å²) >= 11 is 9.34. The number of halogens is 2. The standard InChI is InChI=1S/C16H13BrClNO2/c17-11-3-1-2-10(8-11)14-9-15(20)16(21)19(14)13-6-4-12(18)5-7-13/h1-8,14-15,20H,9H2/t14-,15+/m1/s1. The molecule has 1 aliphatic heterocycles. The molecule has 1 N–H and O–H groups in total. The maximum atomic E-state index is 12.3. The first-order valence-electron chi connectivity index (χ1n) is 6.58. The zero-order valence-electron chi connectivity index (χ0n) is 11.0. The van der Waals surface area contributed by atoms with Gasteiger partial charge in [0.1, 0.15) is 6.10 Å². The van der Waals surface area contributed by atoms with E-state index >= 15 is 0 Å². The van der Waals surface area contributed by atoms with Crippen LogP contribution in [0.1, 0.15) is 18.0 Å². The molecular formula is C16H13BrClNO2. The van der Waals surface area contributed by atoms with E-state index in [1.807, 2.05) is 24.3 Å². The summed E-state index contributed by atoms with van der Waals surface area (Å²) < 4.78 is 0.949. The van der Waals surface area contributed by atoms with Gasteiger partial charge in [0.05, 0.1) is 6.04 Å². The number of carbonyl (C=O) groups excluding carboxylic acids is 1. The SMILES string of the molecule is O=C1[C@@H](O)C[C@H](c2cccc(Br)c2)N1c1ccc(Cl)cc1. The van der Waals surface area contributed by atoms with E-state index in [4.69, 9.17) is 11.6 Å². The quantitative estimate of drug-likeness (QED) is 0.874. The number of anilines is 1. The second-order valence-corrected chi connectivity index (χ2v) is 6.36. The van der Waals surface area contributed by atoms with E-state index in [1.165, 1.54) is 0 Å². The highest BCUT2D eigenvalue weighted by atomic mass is 79.9. The Kier molecular flexibility index (Phi) is 4.02. The summed E-state index contributed by atoms with van der Waals surface area (Å²) in [6.07, 6.45) is -0.581. The van der Waals surface area contributed by atoms with Gasteiger partial charge in [-0.3, -0.25) is 4.79 Å². The highest BCUT2D eigenvalue weighted by Crippen LogP contribution is 2.38. The Balaban J connectivity index is 2.02. The van der Waals surface area contributed by atoms with Gasteiger partial charge in [0.25, 0.3) is 5.91 Å². The first-order chi connectivity index (χ1) is 10.1. The average molecular weight is 367 g/mol. The van der Waals surface area contributed by atoms with Gasteiger partial charge in [-0.15, -0.1) is 0 Å². The number of rotatable bonds is 2. The van der Waals surface area contributed by atoms with Gasteiger partial charge >= 0.3 is 0 Å². The Bertz CT molecular complexity index is 674. The molecule has 0 radical (unpaired) electrons. The van der Waals surface area contributed by atoms with E-state index in [2.05, 4.69) is 15.9 Å². The monoisotopic (exact) mass is 365 g/mol. The number of hydrogen-bond acceptors (Lipinski definition) is 2. The van der Waals surface area contributed by atoms with Crippen molar-refractivity contribution in [3.63, 3.8) is 0 Å². The van der Waals surface area contributed by atoms with Crippen molar-refractivity contribution in [3.8, 4) is 0 Å². The molecule has 2 atom stereocenters. The molecule has 0 aromatic heterocycles. The predicted octanol–water partition coefficient (Wildman–Crippen LogP) is 3.94. The van der Waals surface area contributed by atoms with Crippen LogP contribution in [0.25, 0.3) is 0 Å². The first-order valence-corrected chi connectivity index (χ1v) is 7.75. The fourth-order valence-electron chi connectivity index (χ4n) is 2.64. The summed E-state index contributed by atoms with van der Waals surface area (Å²) in [7, 11) is 0. The van der Waals surface area contributed by atoms with E-state index in [1.54, 1.807) is 29.2 Å². The molecule has 2 aromatic carbocycles. The number of carbonyl (C=O) groups is 1. The van der Waals surface area contributed by atoms with Crippen molar-refractivity contribution in [3.05, 3.63) is 63.6 Å². The first kappa shape index (κ1) is 14.6. The Hall–Kier alpha value is -1.36. The number of aliphatic hydroxyl groups excluding tert-OH is 1.